The summed E-state index contributed by atoms with van der Waals surface area (Å²) in [5, 5.41) is 11.5. The van der Waals surface area contributed by atoms with Gasteiger partial charge in [0.1, 0.15) is 23.6 Å². The summed E-state index contributed by atoms with van der Waals surface area (Å²) in [4.78, 5) is 53.7. The van der Waals surface area contributed by atoms with Gasteiger partial charge in [-0.25, -0.2) is 4.79 Å². The van der Waals surface area contributed by atoms with Crippen LogP contribution in [0.5, 0.6) is 11.5 Å². The standard InChI is InChI=1S/C38H55N3O11/c1-6-51-33-24-32(47-5)13-12-31(33)26-41(37(46)52-38(2,3)4)27-34(42)40-16-8-11-30(25-40)28-9-7-10-29(23-28)36(45)39-15-18-49-20-22-50-21-19-48-17-14-35(43)44/h7,9-10,12-13,23-24,30H,6,8,11,14-22,25-27H2,1-5H3,(H,39,45)(H,43,44). The highest BCUT2D eigenvalue weighted by Gasteiger charge is 2.30. The molecule has 14 nitrogen and oxygen atoms in total. The van der Waals surface area contributed by atoms with E-state index in [1.54, 1.807) is 51.0 Å². The van der Waals surface area contributed by atoms with Gasteiger partial charge in [-0.1, -0.05) is 12.1 Å². The molecular formula is C38H55N3O11. The highest BCUT2D eigenvalue weighted by molar-refractivity contribution is 5.94. The summed E-state index contributed by atoms with van der Waals surface area (Å²) in [5.41, 5.74) is 1.46. The number of carbonyl (C=O) groups is 4. The molecular weight excluding hydrogens is 674 g/mol. The summed E-state index contributed by atoms with van der Waals surface area (Å²) in [5.74, 6) is -0.0988. The Morgan fingerprint density at radius 3 is 2.35 bits per heavy atom. The number of benzene rings is 2. The molecule has 52 heavy (non-hydrogen) atoms. The van der Waals surface area contributed by atoms with Crippen molar-refractivity contribution in [3.05, 3.63) is 59.2 Å². The molecule has 0 aromatic heterocycles. The molecule has 2 aromatic rings. The van der Waals surface area contributed by atoms with Gasteiger partial charge in [0.25, 0.3) is 5.91 Å². The van der Waals surface area contributed by atoms with Crippen LogP contribution >= 0.6 is 0 Å². The predicted molar refractivity (Wildman–Crippen MR) is 193 cm³/mol. The zero-order valence-electron chi connectivity index (χ0n) is 31.1. The van der Waals surface area contributed by atoms with Crippen LogP contribution in [0.25, 0.3) is 0 Å². The summed E-state index contributed by atoms with van der Waals surface area (Å²) in [6.45, 7) is 10.8. The summed E-state index contributed by atoms with van der Waals surface area (Å²) in [7, 11) is 1.57. The van der Waals surface area contributed by atoms with Crippen molar-refractivity contribution in [3.63, 3.8) is 0 Å². The number of carboxylic acids is 1. The van der Waals surface area contributed by atoms with Crippen LogP contribution < -0.4 is 14.8 Å². The molecule has 0 aliphatic carbocycles. The number of nitrogens with one attached hydrogen (secondary N) is 1. The number of methoxy groups -OCH3 is 1. The SMILES string of the molecule is CCOc1cc(OC)ccc1CN(CC(=O)N1CCCC(c2cccc(C(=O)NCCOCCOCCOCCC(=O)O)c2)C1)C(=O)OC(C)(C)C. The smallest absolute Gasteiger partial charge is 0.411 e. The minimum Gasteiger partial charge on any atom is -0.497 e. The molecule has 2 aromatic carbocycles. The van der Waals surface area contributed by atoms with E-state index in [-0.39, 0.29) is 43.8 Å². The van der Waals surface area contributed by atoms with E-state index in [0.29, 0.717) is 76.3 Å². The van der Waals surface area contributed by atoms with E-state index >= 15 is 0 Å². The zero-order valence-corrected chi connectivity index (χ0v) is 31.1. The Hall–Kier alpha value is -4.40. The van der Waals surface area contributed by atoms with Crippen LogP contribution in [0.2, 0.25) is 0 Å². The van der Waals surface area contributed by atoms with Crippen LogP contribution in [-0.2, 0) is 35.1 Å². The summed E-state index contributed by atoms with van der Waals surface area (Å²) in [6.07, 6.45) is 1.01. The molecule has 0 radical (unpaired) electrons. The normalized spacial score (nSPS) is 14.4. The molecule has 1 saturated heterocycles. The molecule has 0 spiro atoms. The maximum atomic E-state index is 13.8. The van der Waals surface area contributed by atoms with Gasteiger partial charge in [0.05, 0.1) is 66.3 Å². The first-order chi connectivity index (χ1) is 24.9. The van der Waals surface area contributed by atoms with Gasteiger partial charge in [-0.3, -0.25) is 19.3 Å². The third-order valence-corrected chi connectivity index (χ3v) is 8.04. The topological polar surface area (TPSA) is 162 Å². The Bertz CT molecular complexity index is 1450. The van der Waals surface area contributed by atoms with Crippen molar-refractivity contribution < 1.29 is 52.7 Å². The molecule has 1 unspecified atom stereocenters. The van der Waals surface area contributed by atoms with E-state index in [1.165, 1.54) is 4.90 Å². The molecule has 1 aliphatic rings. The van der Waals surface area contributed by atoms with Crippen molar-refractivity contribution in [2.45, 2.75) is 65.0 Å². The number of carbonyl (C=O) groups excluding carboxylic acids is 3. The fourth-order valence-electron chi connectivity index (χ4n) is 5.51. The van der Waals surface area contributed by atoms with Gasteiger partial charge in [0, 0.05) is 42.7 Å². The van der Waals surface area contributed by atoms with Gasteiger partial charge in [0.2, 0.25) is 5.91 Å². The highest BCUT2D eigenvalue weighted by atomic mass is 16.6. The largest absolute Gasteiger partial charge is 0.497 e. The molecule has 1 fully saturated rings. The second kappa shape index (κ2) is 21.8. The number of hydrogen-bond donors (Lipinski definition) is 2. The lowest BCUT2D eigenvalue weighted by Crippen LogP contribution is -2.47. The molecule has 0 bridgehead atoms. The number of amides is 3. The van der Waals surface area contributed by atoms with Crippen molar-refractivity contribution in [3.8, 4) is 11.5 Å². The minimum absolute atomic E-state index is 0.0254. The van der Waals surface area contributed by atoms with Crippen LogP contribution in [0.4, 0.5) is 4.79 Å². The molecule has 14 heteroatoms. The Morgan fingerprint density at radius 1 is 0.962 bits per heavy atom. The minimum atomic E-state index is -0.903. The number of piperidine rings is 1. The van der Waals surface area contributed by atoms with E-state index in [2.05, 4.69) is 5.32 Å². The lowest BCUT2D eigenvalue weighted by molar-refractivity contribution is -0.138. The Morgan fingerprint density at radius 2 is 1.67 bits per heavy atom. The second-order valence-electron chi connectivity index (χ2n) is 13.3. The molecule has 0 saturated carbocycles. The van der Waals surface area contributed by atoms with Gasteiger partial charge in [-0.15, -0.1) is 0 Å². The van der Waals surface area contributed by atoms with Crippen molar-refractivity contribution in [1.29, 1.82) is 0 Å². The lowest BCUT2D eigenvalue weighted by Gasteiger charge is -2.35. The highest BCUT2D eigenvalue weighted by Crippen LogP contribution is 2.29. The Balaban J connectivity index is 1.53. The number of nitrogens with zero attached hydrogens (tertiary/aromatic N) is 2. The third-order valence-electron chi connectivity index (χ3n) is 8.04. The maximum Gasteiger partial charge on any atom is 0.411 e. The van der Waals surface area contributed by atoms with Crippen LogP contribution in [-0.4, -0.2) is 124 Å². The number of aliphatic carboxylic acids is 1. The van der Waals surface area contributed by atoms with Gasteiger partial charge in [0.15, 0.2) is 0 Å². The first kappa shape index (κ1) is 42.0. The van der Waals surface area contributed by atoms with Crippen LogP contribution in [0, 0.1) is 0 Å². The quantitative estimate of drug-likeness (QED) is 0.174. The Labute approximate surface area is 306 Å². The van der Waals surface area contributed by atoms with Crippen LogP contribution in [0.3, 0.4) is 0 Å². The molecule has 1 aliphatic heterocycles. The number of hydrogen-bond acceptors (Lipinski definition) is 10. The lowest BCUT2D eigenvalue weighted by atomic mass is 9.89. The monoisotopic (exact) mass is 729 g/mol. The molecule has 3 rings (SSSR count). The zero-order chi connectivity index (χ0) is 37.9. The second-order valence-corrected chi connectivity index (χ2v) is 13.3. The molecule has 3 amide bonds. The number of ether oxygens (including phenoxy) is 6. The van der Waals surface area contributed by atoms with E-state index in [1.807, 2.05) is 31.2 Å². The molecule has 288 valence electrons. The van der Waals surface area contributed by atoms with E-state index in [9.17, 15) is 19.2 Å². The summed E-state index contributed by atoms with van der Waals surface area (Å²) in [6, 6.07) is 12.8. The molecule has 2 N–H and O–H groups in total. The van der Waals surface area contributed by atoms with Gasteiger partial charge >= 0.3 is 12.1 Å². The van der Waals surface area contributed by atoms with E-state index in [0.717, 1.165) is 24.0 Å². The number of rotatable bonds is 21. The first-order valence-corrected chi connectivity index (χ1v) is 17.8. The van der Waals surface area contributed by atoms with Crippen molar-refractivity contribution in [2.75, 3.05) is 79.5 Å². The first-order valence-electron chi connectivity index (χ1n) is 17.8. The van der Waals surface area contributed by atoms with Crippen LogP contribution in [0.1, 0.15) is 74.4 Å². The summed E-state index contributed by atoms with van der Waals surface area (Å²) >= 11 is 0. The van der Waals surface area contributed by atoms with Gasteiger partial charge < -0.3 is 43.7 Å². The number of carboxylic acid groups (broad SMARTS) is 1. The average Bonchev–Trinajstić information content (AvgIpc) is 3.11. The molecule has 1 heterocycles. The van der Waals surface area contributed by atoms with E-state index < -0.39 is 17.7 Å². The summed E-state index contributed by atoms with van der Waals surface area (Å²) < 4.78 is 32.9. The fourth-order valence-corrected chi connectivity index (χ4v) is 5.51. The number of likely N-dealkylation sites (tertiary alicyclic amines) is 1. The van der Waals surface area contributed by atoms with Gasteiger partial charge in [-0.05, 0) is 70.4 Å². The van der Waals surface area contributed by atoms with Crippen molar-refractivity contribution in [1.82, 2.24) is 15.1 Å². The van der Waals surface area contributed by atoms with E-state index in [4.69, 9.17) is 33.5 Å². The average molecular weight is 730 g/mol. The maximum absolute atomic E-state index is 13.8. The predicted octanol–water partition coefficient (Wildman–Crippen LogP) is 4.49. The molecule has 1 atom stereocenters. The third kappa shape index (κ3) is 15.1. The Kier molecular flexibility index (Phi) is 17.7. The fraction of sp³-hybridized carbons (Fsp3) is 0.579. The van der Waals surface area contributed by atoms with Gasteiger partial charge in [-0.2, -0.15) is 0 Å². The van der Waals surface area contributed by atoms with Crippen LogP contribution in [0.15, 0.2) is 42.5 Å². The van der Waals surface area contributed by atoms with Crippen molar-refractivity contribution in [2.24, 2.45) is 0 Å². The van der Waals surface area contributed by atoms with Crippen molar-refractivity contribution >= 4 is 23.9 Å².